The van der Waals surface area contributed by atoms with E-state index >= 15 is 0 Å². The van der Waals surface area contributed by atoms with E-state index in [1.165, 1.54) is 6.08 Å². The standard InChI is InChI=1S/C7H8O2/c8-6-1-2-7(9)5-3-4(5)6/h1-2,4-6,8H,3H2/t4-,5+,6+/m1/s1. The van der Waals surface area contributed by atoms with Crippen molar-refractivity contribution in [2.75, 3.05) is 0 Å². The van der Waals surface area contributed by atoms with Crippen LogP contribution in [0.25, 0.3) is 0 Å². The molecule has 2 aliphatic carbocycles. The maximum absolute atomic E-state index is 10.8. The predicted octanol–water partition coefficient (Wildman–Crippen LogP) is 0.122. The van der Waals surface area contributed by atoms with E-state index in [4.69, 9.17) is 5.11 Å². The summed E-state index contributed by atoms with van der Waals surface area (Å²) in [6.07, 6.45) is 3.65. The van der Waals surface area contributed by atoms with E-state index in [1.807, 2.05) is 0 Å². The van der Waals surface area contributed by atoms with Crippen LogP contribution < -0.4 is 0 Å². The fourth-order valence-electron chi connectivity index (χ4n) is 1.38. The van der Waals surface area contributed by atoms with Crippen molar-refractivity contribution < 1.29 is 9.90 Å². The number of aliphatic hydroxyl groups is 1. The van der Waals surface area contributed by atoms with Crippen LogP contribution in [0.15, 0.2) is 12.2 Å². The second kappa shape index (κ2) is 1.45. The van der Waals surface area contributed by atoms with E-state index in [1.54, 1.807) is 6.08 Å². The number of aliphatic hydroxyl groups excluding tert-OH is 1. The van der Waals surface area contributed by atoms with Crippen LogP contribution in [-0.2, 0) is 4.79 Å². The summed E-state index contributed by atoms with van der Waals surface area (Å²) in [5, 5.41) is 9.10. The van der Waals surface area contributed by atoms with Gasteiger partial charge in [0, 0.05) is 5.92 Å². The molecule has 0 aromatic carbocycles. The van der Waals surface area contributed by atoms with Gasteiger partial charge in [-0.2, -0.15) is 0 Å². The summed E-state index contributed by atoms with van der Waals surface area (Å²) < 4.78 is 0. The highest BCUT2D eigenvalue weighted by molar-refractivity contribution is 5.95. The molecule has 0 bridgehead atoms. The summed E-state index contributed by atoms with van der Waals surface area (Å²) in [7, 11) is 0. The van der Waals surface area contributed by atoms with Gasteiger partial charge in [-0.1, -0.05) is 6.08 Å². The third-order valence-electron chi connectivity index (χ3n) is 2.10. The molecule has 0 aliphatic heterocycles. The van der Waals surface area contributed by atoms with Gasteiger partial charge in [-0.15, -0.1) is 0 Å². The number of ketones is 1. The molecule has 3 atom stereocenters. The molecule has 0 aromatic rings. The van der Waals surface area contributed by atoms with Gasteiger partial charge in [0.2, 0.25) is 0 Å². The molecule has 1 saturated carbocycles. The summed E-state index contributed by atoms with van der Waals surface area (Å²) in [6.45, 7) is 0. The van der Waals surface area contributed by atoms with Crippen LogP contribution in [0.2, 0.25) is 0 Å². The van der Waals surface area contributed by atoms with Crippen LogP contribution >= 0.6 is 0 Å². The maximum atomic E-state index is 10.8. The Hall–Kier alpha value is -0.630. The Morgan fingerprint density at radius 1 is 1.67 bits per heavy atom. The number of carbonyl (C=O) groups excluding carboxylic acids is 1. The summed E-state index contributed by atoms with van der Waals surface area (Å²) in [5.74, 6) is 0.637. The van der Waals surface area contributed by atoms with Gasteiger partial charge in [0.25, 0.3) is 0 Å². The van der Waals surface area contributed by atoms with Crippen molar-refractivity contribution in [3.05, 3.63) is 12.2 Å². The average Bonchev–Trinajstić information content (AvgIpc) is 2.57. The molecule has 2 aliphatic rings. The highest BCUT2D eigenvalue weighted by atomic mass is 16.3. The van der Waals surface area contributed by atoms with E-state index < -0.39 is 0 Å². The van der Waals surface area contributed by atoms with Gasteiger partial charge in [0.15, 0.2) is 5.78 Å². The first-order chi connectivity index (χ1) is 4.29. The minimum Gasteiger partial charge on any atom is -0.389 e. The molecule has 2 rings (SSSR count). The lowest BCUT2D eigenvalue weighted by Crippen LogP contribution is -2.15. The molecule has 0 heterocycles. The maximum Gasteiger partial charge on any atom is 0.158 e. The molecule has 0 aromatic heterocycles. The van der Waals surface area contributed by atoms with E-state index in [2.05, 4.69) is 0 Å². The van der Waals surface area contributed by atoms with Crippen molar-refractivity contribution in [3.63, 3.8) is 0 Å². The zero-order valence-corrected chi connectivity index (χ0v) is 4.95. The van der Waals surface area contributed by atoms with Crippen LogP contribution in [0.1, 0.15) is 6.42 Å². The first-order valence-electron chi connectivity index (χ1n) is 3.19. The van der Waals surface area contributed by atoms with Gasteiger partial charge in [-0.25, -0.2) is 0 Å². The summed E-state index contributed by atoms with van der Waals surface area (Å²) >= 11 is 0. The second-order valence-electron chi connectivity index (χ2n) is 2.76. The van der Waals surface area contributed by atoms with Crippen molar-refractivity contribution in [2.24, 2.45) is 11.8 Å². The van der Waals surface area contributed by atoms with Crippen LogP contribution in [-0.4, -0.2) is 17.0 Å². The highest BCUT2D eigenvalue weighted by Gasteiger charge is 2.47. The van der Waals surface area contributed by atoms with Crippen LogP contribution in [0.3, 0.4) is 0 Å². The Morgan fingerprint density at radius 2 is 2.44 bits per heavy atom. The van der Waals surface area contributed by atoms with E-state index in [0.29, 0.717) is 0 Å². The Balaban J connectivity index is 2.25. The largest absolute Gasteiger partial charge is 0.389 e. The normalized spacial score (nSPS) is 46.8. The van der Waals surface area contributed by atoms with E-state index in [-0.39, 0.29) is 23.7 Å². The molecule has 1 N–H and O–H groups in total. The SMILES string of the molecule is O=C1C=C[C@H](O)[C@@H]2C[C@H]12. The average molecular weight is 124 g/mol. The topological polar surface area (TPSA) is 37.3 Å². The Bertz CT molecular complexity index is 181. The lowest BCUT2D eigenvalue weighted by molar-refractivity contribution is -0.116. The second-order valence-corrected chi connectivity index (χ2v) is 2.76. The molecule has 1 fully saturated rings. The number of rotatable bonds is 0. The zero-order valence-electron chi connectivity index (χ0n) is 4.95. The van der Waals surface area contributed by atoms with Crippen LogP contribution in [0.5, 0.6) is 0 Å². The van der Waals surface area contributed by atoms with Gasteiger partial charge >= 0.3 is 0 Å². The van der Waals surface area contributed by atoms with Crippen molar-refractivity contribution in [3.8, 4) is 0 Å². The zero-order chi connectivity index (χ0) is 6.43. The Labute approximate surface area is 53.2 Å². The lowest BCUT2D eigenvalue weighted by atomic mass is 10.0. The quantitative estimate of drug-likeness (QED) is 0.498. The van der Waals surface area contributed by atoms with Gasteiger partial charge in [-0.05, 0) is 18.4 Å². The van der Waals surface area contributed by atoms with E-state index in [0.717, 1.165) is 6.42 Å². The molecule has 2 nitrogen and oxygen atoms in total. The smallest absolute Gasteiger partial charge is 0.158 e. The highest BCUT2D eigenvalue weighted by Crippen LogP contribution is 2.44. The fraction of sp³-hybridized carbons (Fsp3) is 0.571. The predicted molar refractivity (Wildman–Crippen MR) is 31.8 cm³/mol. The lowest BCUT2D eigenvalue weighted by Gasteiger charge is -2.06. The Morgan fingerprint density at radius 3 is 3.11 bits per heavy atom. The number of hydrogen-bond acceptors (Lipinski definition) is 2. The van der Waals surface area contributed by atoms with Gasteiger partial charge in [0.1, 0.15) is 0 Å². The molecular weight excluding hydrogens is 116 g/mol. The summed E-state index contributed by atoms with van der Waals surface area (Å²) in [5.41, 5.74) is 0. The van der Waals surface area contributed by atoms with E-state index in [9.17, 15) is 4.79 Å². The monoisotopic (exact) mass is 124 g/mol. The molecule has 0 unspecified atom stereocenters. The molecule has 0 amide bonds. The first-order valence-corrected chi connectivity index (χ1v) is 3.19. The molecule has 0 radical (unpaired) electrons. The van der Waals surface area contributed by atoms with Crippen molar-refractivity contribution in [1.82, 2.24) is 0 Å². The van der Waals surface area contributed by atoms with Crippen molar-refractivity contribution in [1.29, 1.82) is 0 Å². The van der Waals surface area contributed by atoms with Crippen LogP contribution in [0.4, 0.5) is 0 Å². The third kappa shape index (κ3) is 0.630. The molecule has 0 spiro atoms. The van der Waals surface area contributed by atoms with Gasteiger partial charge in [-0.3, -0.25) is 4.79 Å². The van der Waals surface area contributed by atoms with Gasteiger partial charge in [0.05, 0.1) is 6.10 Å². The first kappa shape index (κ1) is 5.18. The number of hydrogen-bond donors (Lipinski definition) is 1. The molecular formula is C7H8O2. The fourth-order valence-corrected chi connectivity index (χ4v) is 1.38. The van der Waals surface area contributed by atoms with Crippen molar-refractivity contribution >= 4 is 5.78 Å². The third-order valence-corrected chi connectivity index (χ3v) is 2.10. The summed E-state index contributed by atoms with van der Waals surface area (Å²) in [6, 6.07) is 0. The minimum absolute atomic E-state index is 0.171. The minimum atomic E-state index is -0.340. The number of fused-ring (bicyclic) bond motifs is 1. The van der Waals surface area contributed by atoms with Crippen LogP contribution in [0, 0.1) is 11.8 Å². The number of carbonyl (C=O) groups is 1. The summed E-state index contributed by atoms with van der Waals surface area (Å²) in [4.78, 5) is 10.8. The molecule has 9 heavy (non-hydrogen) atoms. The van der Waals surface area contributed by atoms with Crippen molar-refractivity contribution in [2.45, 2.75) is 12.5 Å². The molecule has 48 valence electrons. The molecule has 2 heteroatoms. The number of allylic oxidation sites excluding steroid dienone is 1. The Kier molecular flexibility index (Phi) is 0.833. The molecule has 0 saturated heterocycles. The van der Waals surface area contributed by atoms with Gasteiger partial charge < -0.3 is 5.11 Å².